The van der Waals surface area contributed by atoms with Crippen molar-refractivity contribution < 1.29 is 36.9 Å². The minimum atomic E-state index is -3.60. The van der Waals surface area contributed by atoms with Crippen LogP contribution in [0.5, 0.6) is 11.5 Å². The van der Waals surface area contributed by atoms with Gasteiger partial charge in [0, 0.05) is 19.2 Å². The van der Waals surface area contributed by atoms with Crippen molar-refractivity contribution in [2.75, 3.05) is 46.1 Å². The minimum Gasteiger partial charge on any atom is -0.491 e. The molecule has 0 spiro atoms. The fourth-order valence-corrected chi connectivity index (χ4v) is 4.43. The van der Waals surface area contributed by atoms with Crippen molar-refractivity contribution >= 4 is 16.1 Å². The third-order valence-corrected chi connectivity index (χ3v) is 6.15. The van der Waals surface area contributed by atoms with E-state index in [2.05, 4.69) is 4.72 Å². The van der Waals surface area contributed by atoms with Gasteiger partial charge in [-0.3, -0.25) is 0 Å². The number of benzene rings is 1. The third kappa shape index (κ3) is 6.96. The molecule has 32 heavy (non-hydrogen) atoms. The van der Waals surface area contributed by atoms with E-state index in [0.717, 1.165) is 0 Å². The van der Waals surface area contributed by atoms with Crippen LogP contribution >= 0.6 is 0 Å². The van der Waals surface area contributed by atoms with Crippen LogP contribution in [0.15, 0.2) is 23.1 Å². The molecule has 2 atom stereocenters. The normalized spacial score (nSPS) is 22.9. The largest absolute Gasteiger partial charge is 0.491 e. The first-order valence-corrected chi connectivity index (χ1v) is 12.1. The Kier molecular flexibility index (Phi) is 7.86. The van der Waals surface area contributed by atoms with Crippen LogP contribution in [0.1, 0.15) is 27.7 Å². The molecule has 1 unspecified atom stereocenters. The molecule has 1 saturated heterocycles. The van der Waals surface area contributed by atoms with E-state index < -0.39 is 15.6 Å². The molecule has 0 aromatic heterocycles. The van der Waals surface area contributed by atoms with Crippen molar-refractivity contribution in [2.24, 2.45) is 0 Å². The van der Waals surface area contributed by atoms with Crippen LogP contribution in [-0.2, 0) is 24.2 Å². The Hall–Kier alpha value is -2.08. The number of sulfonamides is 1. The third-order valence-electron chi connectivity index (χ3n) is 4.68. The predicted octanol–water partition coefficient (Wildman–Crippen LogP) is 1.78. The van der Waals surface area contributed by atoms with Crippen molar-refractivity contribution in [1.29, 1.82) is 0 Å². The van der Waals surface area contributed by atoms with Crippen molar-refractivity contribution in [2.45, 2.75) is 50.4 Å². The van der Waals surface area contributed by atoms with Crippen LogP contribution in [0.4, 0.5) is 4.79 Å². The molecule has 1 amide bonds. The highest BCUT2D eigenvalue weighted by Gasteiger charge is 2.28. The maximum atomic E-state index is 12.2. The number of fused-ring (bicyclic) bond motifs is 1. The SMILES string of the molecule is C[C@@H]1CNS(=O)(=O)c2ccc(OCCOCC3CN(C(=O)OC(C)(C)C)CCO3)cc2O1. The summed E-state index contributed by atoms with van der Waals surface area (Å²) in [5, 5.41) is 0. The molecule has 0 aliphatic carbocycles. The molecule has 1 fully saturated rings. The van der Waals surface area contributed by atoms with Crippen LogP contribution in [0.3, 0.4) is 0 Å². The number of carbonyl (C=O) groups is 1. The molecule has 180 valence electrons. The van der Waals surface area contributed by atoms with E-state index >= 15 is 0 Å². The summed E-state index contributed by atoms with van der Waals surface area (Å²) in [4.78, 5) is 13.9. The van der Waals surface area contributed by atoms with E-state index in [1.54, 1.807) is 24.0 Å². The van der Waals surface area contributed by atoms with E-state index in [-0.39, 0.29) is 42.1 Å². The van der Waals surface area contributed by atoms with E-state index in [1.165, 1.54) is 6.07 Å². The highest BCUT2D eigenvalue weighted by Crippen LogP contribution is 2.31. The second-order valence-corrected chi connectivity index (χ2v) is 10.5. The highest BCUT2D eigenvalue weighted by molar-refractivity contribution is 7.89. The lowest BCUT2D eigenvalue weighted by Crippen LogP contribution is -2.48. The zero-order valence-electron chi connectivity index (χ0n) is 19.0. The Balaban J connectivity index is 1.43. The summed E-state index contributed by atoms with van der Waals surface area (Å²) in [5.74, 6) is 0.750. The zero-order chi connectivity index (χ0) is 23.4. The number of nitrogens with zero attached hydrogens (tertiary/aromatic N) is 1. The summed E-state index contributed by atoms with van der Waals surface area (Å²) in [6, 6.07) is 4.62. The van der Waals surface area contributed by atoms with Gasteiger partial charge in [0.25, 0.3) is 0 Å². The predicted molar refractivity (Wildman–Crippen MR) is 116 cm³/mol. The van der Waals surface area contributed by atoms with Crippen molar-refractivity contribution in [3.8, 4) is 11.5 Å². The zero-order valence-corrected chi connectivity index (χ0v) is 19.8. The van der Waals surface area contributed by atoms with Gasteiger partial charge in [0.05, 0.1) is 32.5 Å². The number of rotatable bonds is 6. The molecule has 1 N–H and O–H groups in total. The summed E-state index contributed by atoms with van der Waals surface area (Å²) in [7, 11) is -3.60. The molecule has 2 aliphatic heterocycles. The molecule has 0 bridgehead atoms. The summed E-state index contributed by atoms with van der Waals surface area (Å²) in [5.41, 5.74) is -0.543. The number of hydrogen-bond acceptors (Lipinski definition) is 8. The lowest BCUT2D eigenvalue weighted by molar-refractivity contribution is -0.0744. The summed E-state index contributed by atoms with van der Waals surface area (Å²) in [6.07, 6.45) is -0.886. The van der Waals surface area contributed by atoms with Gasteiger partial charge in [-0.2, -0.15) is 0 Å². The first-order valence-electron chi connectivity index (χ1n) is 10.6. The van der Waals surface area contributed by atoms with Crippen LogP contribution < -0.4 is 14.2 Å². The van der Waals surface area contributed by atoms with Crippen LogP contribution in [0.25, 0.3) is 0 Å². The van der Waals surface area contributed by atoms with Crippen LogP contribution in [0, 0.1) is 0 Å². The fourth-order valence-electron chi connectivity index (χ4n) is 3.20. The van der Waals surface area contributed by atoms with Gasteiger partial charge >= 0.3 is 6.09 Å². The van der Waals surface area contributed by atoms with Gasteiger partial charge in [-0.15, -0.1) is 0 Å². The van der Waals surface area contributed by atoms with Gasteiger partial charge in [-0.05, 0) is 39.8 Å². The van der Waals surface area contributed by atoms with Crippen LogP contribution in [-0.4, -0.2) is 83.3 Å². The molecule has 10 nitrogen and oxygen atoms in total. The van der Waals surface area contributed by atoms with Gasteiger partial charge in [-0.25, -0.2) is 17.9 Å². The second-order valence-electron chi connectivity index (χ2n) is 8.73. The number of carbonyl (C=O) groups excluding carboxylic acids is 1. The Labute approximate surface area is 189 Å². The van der Waals surface area contributed by atoms with E-state index in [4.69, 9.17) is 23.7 Å². The summed E-state index contributed by atoms with van der Waals surface area (Å²) >= 11 is 0. The lowest BCUT2D eigenvalue weighted by atomic mass is 10.2. The van der Waals surface area contributed by atoms with Crippen molar-refractivity contribution in [1.82, 2.24) is 9.62 Å². The van der Waals surface area contributed by atoms with E-state index in [1.807, 2.05) is 20.8 Å². The average molecular weight is 473 g/mol. The first-order chi connectivity index (χ1) is 15.0. The average Bonchev–Trinajstić information content (AvgIpc) is 2.82. The first kappa shape index (κ1) is 24.6. The number of nitrogens with one attached hydrogen (secondary N) is 1. The van der Waals surface area contributed by atoms with E-state index in [0.29, 0.717) is 38.7 Å². The smallest absolute Gasteiger partial charge is 0.410 e. The molecular formula is C21H32N2O8S. The van der Waals surface area contributed by atoms with Gasteiger partial charge in [0.15, 0.2) is 0 Å². The molecule has 0 saturated carbocycles. The Morgan fingerprint density at radius 3 is 2.81 bits per heavy atom. The maximum Gasteiger partial charge on any atom is 0.410 e. The van der Waals surface area contributed by atoms with Crippen LogP contribution in [0.2, 0.25) is 0 Å². The number of hydrogen-bond donors (Lipinski definition) is 1. The summed E-state index contributed by atoms with van der Waals surface area (Å²) in [6.45, 7) is 9.69. The molecule has 3 rings (SSSR count). The second kappa shape index (κ2) is 10.2. The monoisotopic (exact) mass is 472 g/mol. The van der Waals surface area contributed by atoms with Gasteiger partial charge < -0.3 is 28.6 Å². The maximum absolute atomic E-state index is 12.2. The molecule has 0 radical (unpaired) electrons. The molecular weight excluding hydrogens is 440 g/mol. The van der Waals surface area contributed by atoms with Gasteiger partial charge in [0.2, 0.25) is 10.0 Å². The Morgan fingerprint density at radius 2 is 2.06 bits per heavy atom. The quantitative estimate of drug-likeness (QED) is 0.624. The summed E-state index contributed by atoms with van der Waals surface area (Å²) < 4.78 is 55.0. The Bertz CT molecular complexity index is 900. The number of morpholine rings is 1. The standard InChI is InChI=1S/C21H32N2O8S/c1-15-12-22-32(25,26)19-6-5-16(11-18(19)30-15)29-10-9-27-14-17-13-23(7-8-28-17)20(24)31-21(2,3)4/h5-6,11,15,17,22H,7-10,12-14H2,1-4H3/t15-,17?/m1/s1. The minimum absolute atomic E-state index is 0.0921. The molecule has 1 aromatic rings. The number of ether oxygens (including phenoxy) is 5. The lowest BCUT2D eigenvalue weighted by Gasteiger charge is -2.34. The highest BCUT2D eigenvalue weighted by atomic mass is 32.2. The topological polar surface area (TPSA) is 113 Å². The molecule has 2 aliphatic rings. The van der Waals surface area contributed by atoms with Crippen molar-refractivity contribution in [3.05, 3.63) is 18.2 Å². The van der Waals surface area contributed by atoms with Crippen molar-refractivity contribution in [3.63, 3.8) is 0 Å². The number of amides is 1. The molecule has 2 heterocycles. The van der Waals surface area contributed by atoms with E-state index in [9.17, 15) is 13.2 Å². The van der Waals surface area contributed by atoms with Gasteiger partial charge in [-0.1, -0.05) is 0 Å². The Morgan fingerprint density at radius 1 is 1.28 bits per heavy atom. The molecule has 1 aromatic carbocycles. The molecule has 11 heteroatoms. The van der Waals surface area contributed by atoms with Gasteiger partial charge in [0.1, 0.15) is 34.7 Å². The fraction of sp³-hybridized carbons (Fsp3) is 0.667.